The molecule has 0 radical (unpaired) electrons. The smallest absolute Gasteiger partial charge is 0.251 e. The number of carbonyl (C=O) groups excluding carboxylic acids is 1. The molecule has 4 rings (SSSR count). The van der Waals surface area contributed by atoms with E-state index in [1.165, 1.54) is 17.2 Å². The standard InChI is InChI=1S/C17H18N6O4/c18-14-12-15(21-8-20-14)23(9-22-12)17(26)7-27-11(13(17)24)6-19-16(25)10-4-2-1-3-5-10/h1-5,8-9,11,13,24,26H,6-7H2,(H,19,25)(H2,18,20,21). The normalized spacial score (nSPS) is 25.0. The molecule has 10 nitrogen and oxygen atoms in total. The molecule has 5 N–H and O–H groups in total. The van der Waals surface area contributed by atoms with Crippen LogP contribution in [0.5, 0.6) is 0 Å². The first kappa shape index (κ1) is 17.3. The number of hydrogen-bond acceptors (Lipinski definition) is 8. The summed E-state index contributed by atoms with van der Waals surface area (Å²) in [5, 5.41) is 24.3. The molecule has 0 bridgehead atoms. The number of anilines is 1. The summed E-state index contributed by atoms with van der Waals surface area (Å²) >= 11 is 0. The number of aliphatic hydroxyl groups excluding tert-OH is 1. The lowest BCUT2D eigenvalue weighted by molar-refractivity contribution is -0.107. The predicted molar refractivity (Wildman–Crippen MR) is 94.5 cm³/mol. The summed E-state index contributed by atoms with van der Waals surface area (Å²) in [6.45, 7) is -0.170. The summed E-state index contributed by atoms with van der Waals surface area (Å²) in [5.74, 6) is -0.127. The maximum atomic E-state index is 12.2. The van der Waals surface area contributed by atoms with Crippen LogP contribution >= 0.6 is 0 Å². The maximum Gasteiger partial charge on any atom is 0.251 e. The Kier molecular flexibility index (Phi) is 4.22. The van der Waals surface area contributed by atoms with Gasteiger partial charge in [-0.1, -0.05) is 18.2 Å². The van der Waals surface area contributed by atoms with E-state index in [0.717, 1.165) is 0 Å². The number of nitrogens with one attached hydrogen (secondary N) is 1. The van der Waals surface area contributed by atoms with E-state index in [2.05, 4.69) is 20.3 Å². The van der Waals surface area contributed by atoms with Crippen molar-refractivity contribution in [2.75, 3.05) is 18.9 Å². The molecule has 1 aliphatic rings. The highest BCUT2D eigenvalue weighted by molar-refractivity contribution is 5.94. The van der Waals surface area contributed by atoms with E-state index in [0.29, 0.717) is 11.1 Å². The number of aliphatic hydroxyl groups is 2. The Morgan fingerprint density at radius 1 is 1.33 bits per heavy atom. The second kappa shape index (κ2) is 6.58. The van der Waals surface area contributed by atoms with Crippen molar-refractivity contribution in [1.29, 1.82) is 0 Å². The first-order valence-electron chi connectivity index (χ1n) is 8.30. The third-order valence-electron chi connectivity index (χ3n) is 4.61. The quantitative estimate of drug-likeness (QED) is 0.468. The van der Waals surface area contributed by atoms with Crippen LogP contribution in [-0.4, -0.2) is 61.0 Å². The van der Waals surface area contributed by atoms with Crippen molar-refractivity contribution in [3.63, 3.8) is 0 Å². The van der Waals surface area contributed by atoms with E-state index in [-0.39, 0.29) is 30.5 Å². The largest absolute Gasteiger partial charge is 0.385 e. The Hall–Kier alpha value is -3.08. The molecule has 1 saturated heterocycles. The minimum atomic E-state index is -1.79. The molecule has 1 amide bonds. The van der Waals surface area contributed by atoms with Crippen LogP contribution in [0.25, 0.3) is 11.2 Å². The number of carbonyl (C=O) groups is 1. The molecule has 1 fully saturated rings. The summed E-state index contributed by atoms with van der Waals surface area (Å²) in [4.78, 5) is 24.2. The molecule has 1 aliphatic heterocycles. The minimum Gasteiger partial charge on any atom is -0.385 e. The van der Waals surface area contributed by atoms with Gasteiger partial charge in [-0.3, -0.25) is 9.36 Å². The van der Waals surface area contributed by atoms with Gasteiger partial charge in [-0.05, 0) is 12.1 Å². The molecule has 1 aromatic carbocycles. The van der Waals surface area contributed by atoms with E-state index in [1.54, 1.807) is 24.3 Å². The van der Waals surface area contributed by atoms with Gasteiger partial charge in [0.05, 0.1) is 12.9 Å². The van der Waals surface area contributed by atoms with Gasteiger partial charge in [-0.2, -0.15) is 0 Å². The Labute approximate surface area is 153 Å². The Balaban J connectivity index is 1.51. The van der Waals surface area contributed by atoms with Crippen LogP contribution in [0, 0.1) is 0 Å². The van der Waals surface area contributed by atoms with Crippen LogP contribution in [0.1, 0.15) is 10.4 Å². The Morgan fingerprint density at radius 3 is 2.89 bits per heavy atom. The van der Waals surface area contributed by atoms with E-state index in [4.69, 9.17) is 10.5 Å². The third-order valence-corrected chi connectivity index (χ3v) is 4.61. The number of fused-ring (bicyclic) bond motifs is 1. The van der Waals surface area contributed by atoms with Crippen LogP contribution in [0.2, 0.25) is 0 Å². The second-order valence-electron chi connectivity index (χ2n) is 6.29. The van der Waals surface area contributed by atoms with Crippen molar-refractivity contribution >= 4 is 22.9 Å². The zero-order chi connectivity index (χ0) is 19.0. The van der Waals surface area contributed by atoms with E-state index in [9.17, 15) is 15.0 Å². The highest BCUT2D eigenvalue weighted by Gasteiger charge is 2.50. The molecule has 0 saturated carbocycles. The van der Waals surface area contributed by atoms with Gasteiger partial charge in [0.1, 0.15) is 24.1 Å². The fourth-order valence-electron chi connectivity index (χ4n) is 3.11. The summed E-state index contributed by atoms with van der Waals surface area (Å²) < 4.78 is 6.84. The van der Waals surface area contributed by atoms with Gasteiger partial charge in [0.25, 0.3) is 5.91 Å². The van der Waals surface area contributed by atoms with E-state index < -0.39 is 17.9 Å². The first-order chi connectivity index (χ1) is 13.0. The molecule has 27 heavy (non-hydrogen) atoms. The molecule has 2 aromatic heterocycles. The molecular weight excluding hydrogens is 352 g/mol. The van der Waals surface area contributed by atoms with Gasteiger partial charge in [0, 0.05) is 12.1 Å². The van der Waals surface area contributed by atoms with Gasteiger partial charge >= 0.3 is 0 Å². The lowest BCUT2D eigenvalue weighted by Crippen LogP contribution is -2.48. The molecule has 0 aliphatic carbocycles. The molecular formula is C17H18N6O4. The molecule has 3 heterocycles. The van der Waals surface area contributed by atoms with Crippen LogP contribution < -0.4 is 11.1 Å². The van der Waals surface area contributed by atoms with Gasteiger partial charge in [0.15, 0.2) is 17.2 Å². The number of nitrogens with two attached hydrogens (primary N) is 1. The van der Waals surface area contributed by atoms with Crippen LogP contribution in [0.15, 0.2) is 43.0 Å². The number of rotatable bonds is 4. The van der Waals surface area contributed by atoms with E-state index >= 15 is 0 Å². The van der Waals surface area contributed by atoms with Gasteiger partial charge in [-0.25, -0.2) is 15.0 Å². The summed E-state index contributed by atoms with van der Waals surface area (Å²) in [6.07, 6.45) is 0.452. The molecule has 3 aromatic rings. The third kappa shape index (κ3) is 2.89. The lowest BCUT2D eigenvalue weighted by Gasteiger charge is -2.27. The number of nitrogens with zero attached hydrogens (tertiary/aromatic N) is 4. The van der Waals surface area contributed by atoms with Crippen molar-refractivity contribution in [3.8, 4) is 0 Å². The fourth-order valence-corrected chi connectivity index (χ4v) is 3.11. The summed E-state index contributed by atoms with van der Waals surface area (Å²) in [6, 6.07) is 8.68. The average Bonchev–Trinajstić information content (AvgIpc) is 3.25. The molecule has 10 heteroatoms. The van der Waals surface area contributed by atoms with Crippen LogP contribution in [0.3, 0.4) is 0 Å². The molecule has 140 valence electrons. The number of imidazole rings is 1. The van der Waals surface area contributed by atoms with Crippen molar-refractivity contribution in [1.82, 2.24) is 24.8 Å². The van der Waals surface area contributed by atoms with Crippen molar-refractivity contribution in [2.45, 2.75) is 17.9 Å². The van der Waals surface area contributed by atoms with Crippen molar-refractivity contribution in [2.24, 2.45) is 0 Å². The minimum absolute atomic E-state index is 0.0287. The first-order valence-corrected chi connectivity index (χ1v) is 8.30. The van der Waals surface area contributed by atoms with Crippen molar-refractivity contribution < 1.29 is 19.7 Å². The van der Waals surface area contributed by atoms with Gasteiger partial charge in [0.2, 0.25) is 0 Å². The number of ether oxygens (including phenoxy) is 1. The number of aromatic nitrogens is 4. The second-order valence-corrected chi connectivity index (χ2v) is 6.29. The summed E-state index contributed by atoms with van der Waals surface area (Å²) in [5.41, 5.74) is 5.06. The number of hydrogen-bond donors (Lipinski definition) is 4. The van der Waals surface area contributed by atoms with Gasteiger partial charge in [-0.15, -0.1) is 0 Å². The average molecular weight is 370 g/mol. The van der Waals surface area contributed by atoms with Crippen LogP contribution in [0.4, 0.5) is 5.82 Å². The highest BCUT2D eigenvalue weighted by Crippen LogP contribution is 2.32. The topological polar surface area (TPSA) is 148 Å². The number of benzene rings is 1. The summed E-state index contributed by atoms with van der Waals surface area (Å²) in [7, 11) is 0. The van der Waals surface area contributed by atoms with Crippen LogP contribution in [-0.2, 0) is 10.5 Å². The lowest BCUT2D eigenvalue weighted by atomic mass is 10.1. The van der Waals surface area contributed by atoms with E-state index in [1.807, 2.05) is 6.07 Å². The Morgan fingerprint density at radius 2 is 2.11 bits per heavy atom. The highest BCUT2D eigenvalue weighted by atomic mass is 16.5. The zero-order valence-electron chi connectivity index (χ0n) is 14.2. The fraction of sp³-hybridized carbons (Fsp3) is 0.294. The van der Waals surface area contributed by atoms with Crippen molar-refractivity contribution in [3.05, 3.63) is 48.5 Å². The maximum absolute atomic E-state index is 12.2. The predicted octanol–water partition coefficient (Wildman–Crippen LogP) is -0.757. The Bertz CT molecular complexity index is 978. The zero-order valence-corrected chi connectivity index (χ0v) is 14.2. The number of nitrogen functional groups attached to an aromatic ring is 1. The number of amides is 1. The van der Waals surface area contributed by atoms with Gasteiger partial charge < -0.3 is 26.0 Å². The molecule has 0 spiro atoms. The molecule has 3 unspecified atom stereocenters. The SMILES string of the molecule is Nc1ncnc2c1ncn2C1(O)COC(CNC(=O)c2ccccc2)C1O. The molecule has 3 atom stereocenters. The monoisotopic (exact) mass is 370 g/mol.